The molecule has 17 heavy (non-hydrogen) atoms. The Balaban J connectivity index is 2.23. The van der Waals surface area contributed by atoms with Gasteiger partial charge in [0.2, 0.25) is 0 Å². The fourth-order valence-corrected chi connectivity index (χ4v) is 1.75. The first-order valence-electron chi connectivity index (χ1n) is 6.10. The molecule has 0 aliphatic heterocycles. The number of amides is 1. The van der Waals surface area contributed by atoms with Crippen molar-refractivity contribution < 1.29 is 9.53 Å². The van der Waals surface area contributed by atoms with Gasteiger partial charge in [0, 0.05) is 6.04 Å². The third-order valence-corrected chi connectivity index (χ3v) is 3.05. The summed E-state index contributed by atoms with van der Waals surface area (Å²) in [5.74, 6) is 1.07. The lowest BCUT2D eigenvalue weighted by molar-refractivity contribution is 0.0948. The molecule has 1 saturated carbocycles. The van der Waals surface area contributed by atoms with Gasteiger partial charge in [-0.05, 0) is 36.5 Å². The second-order valence-corrected chi connectivity index (χ2v) is 4.86. The van der Waals surface area contributed by atoms with E-state index in [1.165, 1.54) is 5.56 Å². The van der Waals surface area contributed by atoms with Gasteiger partial charge in [-0.25, -0.2) is 0 Å². The van der Waals surface area contributed by atoms with Gasteiger partial charge in [0.15, 0.2) is 0 Å². The molecule has 0 spiro atoms. The summed E-state index contributed by atoms with van der Waals surface area (Å²) in [5, 5.41) is 2.97. The quantitative estimate of drug-likeness (QED) is 0.868. The maximum atomic E-state index is 12.0. The van der Waals surface area contributed by atoms with Crippen LogP contribution in [0.5, 0.6) is 5.75 Å². The van der Waals surface area contributed by atoms with Crippen molar-refractivity contribution in [3.8, 4) is 5.75 Å². The summed E-state index contributed by atoms with van der Waals surface area (Å²) in [7, 11) is 1.60. The van der Waals surface area contributed by atoms with Gasteiger partial charge in [-0.3, -0.25) is 4.79 Å². The number of benzene rings is 1. The third-order valence-electron chi connectivity index (χ3n) is 3.05. The van der Waals surface area contributed by atoms with Gasteiger partial charge in [0.1, 0.15) is 5.75 Å². The van der Waals surface area contributed by atoms with Gasteiger partial charge in [-0.15, -0.1) is 0 Å². The second-order valence-electron chi connectivity index (χ2n) is 4.86. The first-order valence-corrected chi connectivity index (χ1v) is 6.10. The van der Waals surface area contributed by atoms with E-state index in [0.29, 0.717) is 23.3 Å². The molecule has 0 saturated heterocycles. The van der Waals surface area contributed by atoms with Crippen molar-refractivity contribution in [2.75, 3.05) is 7.11 Å². The highest BCUT2D eigenvalue weighted by Crippen LogP contribution is 2.26. The number of nitrogens with one attached hydrogen (secondary N) is 1. The zero-order chi connectivity index (χ0) is 12.4. The molecule has 0 atom stereocenters. The van der Waals surface area contributed by atoms with Crippen LogP contribution in [0.2, 0.25) is 0 Å². The highest BCUT2D eigenvalue weighted by Gasteiger charge is 2.25. The molecule has 0 unspecified atom stereocenters. The summed E-state index contributed by atoms with van der Waals surface area (Å²) in [5.41, 5.74) is 1.81. The van der Waals surface area contributed by atoms with Crippen molar-refractivity contribution in [2.45, 2.75) is 38.6 Å². The van der Waals surface area contributed by atoms with Crippen LogP contribution >= 0.6 is 0 Å². The average Bonchev–Trinajstić information content (AvgIpc) is 3.11. The minimum atomic E-state index is -0.0281. The van der Waals surface area contributed by atoms with Crippen molar-refractivity contribution in [3.05, 3.63) is 29.3 Å². The summed E-state index contributed by atoms with van der Waals surface area (Å²) < 4.78 is 5.30. The molecule has 92 valence electrons. The lowest BCUT2D eigenvalue weighted by Gasteiger charge is -2.12. The molecule has 1 aromatic rings. The Bertz CT molecular complexity index is 422. The van der Waals surface area contributed by atoms with Crippen molar-refractivity contribution in [1.29, 1.82) is 0 Å². The summed E-state index contributed by atoms with van der Waals surface area (Å²) in [6.07, 6.45) is 2.19. The molecule has 0 bridgehead atoms. The van der Waals surface area contributed by atoms with Crippen molar-refractivity contribution in [1.82, 2.24) is 5.32 Å². The Morgan fingerprint density at radius 2 is 2.12 bits per heavy atom. The Morgan fingerprint density at radius 1 is 1.41 bits per heavy atom. The van der Waals surface area contributed by atoms with Crippen molar-refractivity contribution >= 4 is 5.91 Å². The second kappa shape index (κ2) is 4.78. The number of hydrogen-bond donors (Lipinski definition) is 1. The molecule has 0 radical (unpaired) electrons. The molecule has 3 heteroatoms. The van der Waals surface area contributed by atoms with E-state index in [1.807, 2.05) is 18.2 Å². The number of carbonyl (C=O) groups is 1. The zero-order valence-corrected chi connectivity index (χ0v) is 10.6. The smallest absolute Gasteiger partial charge is 0.255 e. The summed E-state index contributed by atoms with van der Waals surface area (Å²) in [6.45, 7) is 4.25. The molecule has 0 aromatic heterocycles. The summed E-state index contributed by atoms with van der Waals surface area (Å²) in [4.78, 5) is 12.0. The number of carbonyl (C=O) groups excluding carboxylic acids is 1. The van der Waals surface area contributed by atoms with E-state index in [4.69, 9.17) is 4.74 Å². The number of hydrogen-bond acceptors (Lipinski definition) is 2. The van der Waals surface area contributed by atoms with E-state index in [2.05, 4.69) is 19.2 Å². The Kier molecular flexibility index (Phi) is 3.36. The molecule has 2 rings (SSSR count). The number of ether oxygens (including phenoxy) is 1. The van der Waals surface area contributed by atoms with Crippen LogP contribution in [0.1, 0.15) is 48.5 Å². The Labute approximate surface area is 102 Å². The van der Waals surface area contributed by atoms with Crippen LogP contribution in [0.3, 0.4) is 0 Å². The highest BCUT2D eigenvalue weighted by molar-refractivity contribution is 5.97. The van der Waals surface area contributed by atoms with Gasteiger partial charge in [-0.2, -0.15) is 0 Å². The molecular weight excluding hydrogens is 214 g/mol. The molecule has 1 fully saturated rings. The summed E-state index contributed by atoms with van der Waals surface area (Å²) in [6, 6.07) is 6.17. The van der Waals surface area contributed by atoms with Crippen LogP contribution in [0.4, 0.5) is 0 Å². The Hall–Kier alpha value is -1.51. The van der Waals surface area contributed by atoms with Gasteiger partial charge < -0.3 is 10.1 Å². The minimum Gasteiger partial charge on any atom is -0.496 e. The molecule has 1 aliphatic rings. The van der Waals surface area contributed by atoms with Crippen LogP contribution in [0, 0.1) is 0 Å². The molecule has 1 amide bonds. The van der Waals surface area contributed by atoms with E-state index < -0.39 is 0 Å². The largest absolute Gasteiger partial charge is 0.496 e. The highest BCUT2D eigenvalue weighted by atomic mass is 16.5. The molecule has 1 N–H and O–H groups in total. The number of methoxy groups -OCH3 is 1. The Morgan fingerprint density at radius 3 is 2.65 bits per heavy atom. The molecule has 3 nitrogen and oxygen atoms in total. The predicted octanol–water partition coefficient (Wildman–Crippen LogP) is 2.71. The van der Waals surface area contributed by atoms with Crippen molar-refractivity contribution in [2.24, 2.45) is 0 Å². The van der Waals surface area contributed by atoms with Crippen LogP contribution in [0.25, 0.3) is 0 Å². The van der Waals surface area contributed by atoms with Crippen LogP contribution in [0.15, 0.2) is 18.2 Å². The summed E-state index contributed by atoms with van der Waals surface area (Å²) >= 11 is 0. The topological polar surface area (TPSA) is 38.3 Å². The normalized spacial score (nSPS) is 14.8. The maximum absolute atomic E-state index is 12.0. The monoisotopic (exact) mass is 233 g/mol. The van der Waals surface area contributed by atoms with Crippen molar-refractivity contribution in [3.63, 3.8) is 0 Å². The average molecular weight is 233 g/mol. The standard InChI is InChI=1S/C14H19NO2/c1-9(2)10-4-7-12(13(8-10)17-3)14(16)15-11-5-6-11/h4,7-9,11H,5-6H2,1-3H3,(H,15,16). The van der Waals surface area contributed by atoms with Crippen LogP contribution in [-0.4, -0.2) is 19.1 Å². The molecular formula is C14H19NO2. The maximum Gasteiger partial charge on any atom is 0.255 e. The first-order chi connectivity index (χ1) is 8.11. The van der Waals surface area contributed by atoms with E-state index >= 15 is 0 Å². The van der Waals surface area contributed by atoms with Crippen LogP contribution < -0.4 is 10.1 Å². The van der Waals surface area contributed by atoms with Gasteiger partial charge >= 0.3 is 0 Å². The van der Waals surface area contributed by atoms with E-state index in [1.54, 1.807) is 7.11 Å². The molecule has 0 heterocycles. The lowest BCUT2D eigenvalue weighted by atomic mass is 10.0. The predicted molar refractivity (Wildman–Crippen MR) is 67.6 cm³/mol. The van der Waals surface area contributed by atoms with Gasteiger partial charge in [0.25, 0.3) is 5.91 Å². The van der Waals surface area contributed by atoms with Crippen LogP contribution in [-0.2, 0) is 0 Å². The molecule has 1 aromatic carbocycles. The van der Waals surface area contributed by atoms with E-state index in [0.717, 1.165) is 12.8 Å². The SMILES string of the molecule is COc1cc(C(C)C)ccc1C(=O)NC1CC1. The third kappa shape index (κ3) is 2.78. The minimum absolute atomic E-state index is 0.0281. The fraction of sp³-hybridized carbons (Fsp3) is 0.500. The lowest BCUT2D eigenvalue weighted by Crippen LogP contribution is -2.25. The van der Waals surface area contributed by atoms with Gasteiger partial charge in [-0.1, -0.05) is 19.9 Å². The first kappa shape index (κ1) is 12.0. The zero-order valence-electron chi connectivity index (χ0n) is 10.6. The van der Waals surface area contributed by atoms with E-state index in [-0.39, 0.29) is 5.91 Å². The van der Waals surface area contributed by atoms with E-state index in [9.17, 15) is 4.79 Å². The number of rotatable bonds is 4. The molecule has 1 aliphatic carbocycles. The van der Waals surface area contributed by atoms with Gasteiger partial charge in [0.05, 0.1) is 12.7 Å². The fourth-order valence-electron chi connectivity index (χ4n) is 1.75.